The van der Waals surface area contributed by atoms with Crippen molar-refractivity contribution in [2.24, 2.45) is 5.92 Å². The van der Waals surface area contributed by atoms with Crippen molar-refractivity contribution in [3.05, 3.63) is 71.8 Å². The summed E-state index contributed by atoms with van der Waals surface area (Å²) in [5, 5.41) is 3.52. The van der Waals surface area contributed by atoms with Gasteiger partial charge in [0.2, 0.25) is 0 Å². The normalized spacial score (nSPS) is 21.9. The van der Waals surface area contributed by atoms with Crippen LogP contribution in [0, 0.1) is 5.92 Å². The molecule has 0 bridgehead atoms. The maximum absolute atomic E-state index is 3.52. The number of nitrogens with zero attached hydrogens (tertiary/aromatic N) is 1. The van der Waals surface area contributed by atoms with Gasteiger partial charge in [0.25, 0.3) is 0 Å². The van der Waals surface area contributed by atoms with Crippen LogP contribution in [0.2, 0.25) is 0 Å². The first-order valence-corrected chi connectivity index (χ1v) is 8.35. The molecule has 1 N–H and O–H groups in total. The summed E-state index contributed by atoms with van der Waals surface area (Å²) in [6.45, 7) is 6.70. The third-order valence-corrected chi connectivity index (χ3v) is 4.67. The van der Waals surface area contributed by atoms with E-state index in [-0.39, 0.29) is 0 Å². The average Bonchev–Trinajstić information content (AvgIpc) is 2.57. The number of piperidine rings is 1. The molecule has 2 atom stereocenters. The minimum absolute atomic E-state index is 0.654. The molecule has 1 aliphatic heterocycles. The van der Waals surface area contributed by atoms with Crippen molar-refractivity contribution in [2.45, 2.75) is 32.5 Å². The minimum atomic E-state index is 0.654. The predicted molar refractivity (Wildman–Crippen MR) is 92.6 cm³/mol. The van der Waals surface area contributed by atoms with Crippen LogP contribution < -0.4 is 5.32 Å². The highest BCUT2D eigenvalue weighted by Gasteiger charge is 2.27. The van der Waals surface area contributed by atoms with E-state index in [0.29, 0.717) is 12.0 Å². The van der Waals surface area contributed by atoms with Gasteiger partial charge in [-0.3, -0.25) is 4.90 Å². The maximum atomic E-state index is 3.52. The molecule has 22 heavy (non-hydrogen) atoms. The Bertz CT molecular complexity index is 511. The van der Waals surface area contributed by atoms with E-state index in [2.05, 4.69) is 77.8 Å². The zero-order valence-electron chi connectivity index (χ0n) is 13.4. The van der Waals surface area contributed by atoms with Crippen LogP contribution in [-0.4, -0.2) is 24.0 Å². The molecule has 1 heterocycles. The molecule has 0 radical (unpaired) electrons. The monoisotopic (exact) mass is 294 g/mol. The van der Waals surface area contributed by atoms with Crippen LogP contribution in [0.3, 0.4) is 0 Å². The molecule has 0 aromatic heterocycles. The molecule has 0 spiro atoms. The van der Waals surface area contributed by atoms with Crippen molar-refractivity contribution >= 4 is 0 Å². The molecule has 2 aromatic carbocycles. The van der Waals surface area contributed by atoms with Crippen LogP contribution in [0.4, 0.5) is 0 Å². The summed E-state index contributed by atoms with van der Waals surface area (Å²) < 4.78 is 0. The smallest absolute Gasteiger partial charge is 0.0240 e. The molecule has 1 aliphatic rings. The van der Waals surface area contributed by atoms with E-state index in [1.807, 2.05) is 0 Å². The Morgan fingerprint density at radius 2 is 1.45 bits per heavy atom. The lowest BCUT2D eigenvalue weighted by atomic mass is 9.92. The number of benzene rings is 2. The van der Waals surface area contributed by atoms with Gasteiger partial charge in [-0.25, -0.2) is 0 Å². The molecule has 0 unspecified atom stereocenters. The first-order chi connectivity index (χ1) is 10.8. The molecule has 1 fully saturated rings. The van der Waals surface area contributed by atoms with Gasteiger partial charge >= 0.3 is 0 Å². The summed E-state index contributed by atoms with van der Waals surface area (Å²) in [5.41, 5.74) is 2.81. The lowest BCUT2D eigenvalue weighted by Crippen LogP contribution is -2.48. The second-order valence-electron chi connectivity index (χ2n) is 6.41. The van der Waals surface area contributed by atoms with Gasteiger partial charge < -0.3 is 5.32 Å². The van der Waals surface area contributed by atoms with Gasteiger partial charge in [-0.2, -0.15) is 0 Å². The number of hydrogen-bond acceptors (Lipinski definition) is 2. The Morgan fingerprint density at radius 3 is 1.95 bits per heavy atom. The molecular formula is C20H26N2. The van der Waals surface area contributed by atoms with E-state index >= 15 is 0 Å². The van der Waals surface area contributed by atoms with Gasteiger partial charge in [-0.05, 0) is 36.6 Å². The van der Waals surface area contributed by atoms with Crippen LogP contribution in [0.1, 0.15) is 24.5 Å². The lowest BCUT2D eigenvalue weighted by molar-refractivity contribution is 0.105. The topological polar surface area (TPSA) is 15.3 Å². The molecule has 0 saturated carbocycles. The highest BCUT2D eigenvalue weighted by molar-refractivity contribution is 5.17. The fourth-order valence-electron chi connectivity index (χ4n) is 3.47. The Labute approximate surface area is 134 Å². The van der Waals surface area contributed by atoms with Gasteiger partial charge in [0.05, 0.1) is 0 Å². The van der Waals surface area contributed by atoms with Gasteiger partial charge in [0.1, 0.15) is 0 Å². The Morgan fingerprint density at radius 1 is 0.909 bits per heavy atom. The average molecular weight is 294 g/mol. The molecule has 2 nitrogen and oxygen atoms in total. The van der Waals surface area contributed by atoms with E-state index in [1.165, 1.54) is 17.5 Å². The van der Waals surface area contributed by atoms with E-state index in [4.69, 9.17) is 0 Å². The summed E-state index contributed by atoms with van der Waals surface area (Å²) >= 11 is 0. The van der Waals surface area contributed by atoms with Crippen molar-refractivity contribution < 1.29 is 0 Å². The molecule has 2 heteroatoms. The van der Waals surface area contributed by atoms with Crippen molar-refractivity contribution in [3.8, 4) is 0 Å². The standard InChI is InChI=1S/C20H26N2/c1-17-14-21-13-12-20(17)22(15-18-8-4-2-5-9-18)16-19-10-6-3-7-11-19/h2-11,17,20-21H,12-16H2,1H3/t17-,20+/m0/s1. The van der Waals surface area contributed by atoms with Crippen molar-refractivity contribution in [1.29, 1.82) is 0 Å². The minimum Gasteiger partial charge on any atom is -0.316 e. The van der Waals surface area contributed by atoms with Gasteiger partial charge in [-0.1, -0.05) is 67.6 Å². The summed E-state index contributed by atoms with van der Waals surface area (Å²) in [7, 11) is 0. The van der Waals surface area contributed by atoms with Crippen LogP contribution in [0.15, 0.2) is 60.7 Å². The van der Waals surface area contributed by atoms with E-state index in [1.54, 1.807) is 0 Å². The SMILES string of the molecule is C[C@H]1CNCC[C@H]1N(Cc1ccccc1)Cc1ccccc1. The second-order valence-corrected chi connectivity index (χ2v) is 6.41. The fourth-order valence-corrected chi connectivity index (χ4v) is 3.47. The van der Waals surface area contributed by atoms with Crippen LogP contribution >= 0.6 is 0 Å². The zero-order valence-corrected chi connectivity index (χ0v) is 13.4. The van der Waals surface area contributed by atoms with Crippen LogP contribution in [-0.2, 0) is 13.1 Å². The first-order valence-electron chi connectivity index (χ1n) is 8.35. The number of hydrogen-bond donors (Lipinski definition) is 1. The molecule has 3 rings (SSSR count). The molecule has 0 amide bonds. The van der Waals surface area contributed by atoms with E-state index in [0.717, 1.165) is 26.2 Å². The van der Waals surface area contributed by atoms with Crippen LogP contribution in [0.5, 0.6) is 0 Å². The quantitative estimate of drug-likeness (QED) is 0.905. The van der Waals surface area contributed by atoms with Crippen molar-refractivity contribution in [1.82, 2.24) is 10.2 Å². The molecule has 1 saturated heterocycles. The Hall–Kier alpha value is -1.64. The van der Waals surface area contributed by atoms with Crippen LogP contribution in [0.25, 0.3) is 0 Å². The Balaban J connectivity index is 1.78. The molecular weight excluding hydrogens is 268 g/mol. The third-order valence-electron chi connectivity index (χ3n) is 4.67. The summed E-state index contributed by atoms with van der Waals surface area (Å²) in [5.74, 6) is 0.696. The van der Waals surface area contributed by atoms with Gasteiger partial charge in [0, 0.05) is 19.1 Å². The molecule has 0 aliphatic carbocycles. The van der Waals surface area contributed by atoms with Gasteiger partial charge in [0.15, 0.2) is 0 Å². The Kier molecular flexibility index (Phi) is 5.25. The summed E-state index contributed by atoms with van der Waals surface area (Å²) in [6.07, 6.45) is 1.24. The van der Waals surface area contributed by atoms with Crippen molar-refractivity contribution in [2.75, 3.05) is 13.1 Å². The predicted octanol–water partition coefficient (Wildman–Crippen LogP) is 3.69. The van der Waals surface area contributed by atoms with Crippen molar-refractivity contribution in [3.63, 3.8) is 0 Å². The molecule has 2 aromatic rings. The zero-order chi connectivity index (χ0) is 15.2. The first kappa shape index (κ1) is 15.3. The van der Waals surface area contributed by atoms with Gasteiger partial charge in [-0.15, -0.1) is 0 Å². The second kappa shape index (κ2) is 7.57. The number of nitrogens with one attached hydrogen (secondary N) is 1. The maximum Gasteiger partial charge on any atom is 0.0240 e. The largest absolute Gasteiger partial charge is 0.316 e. The summed E-state index contributed by atoms with van der Waals surface area (Å²) in [4.78, 5) is 2.66. The lowest BCUT2D eigenvalue weighted by Gasteiger charge is -2.39. The molecule has 116 valence electrons. The highest BCUT2D eigenvalue weighted by Crippen LogP contribution is 2.22. The third kappa shape index (κ3) is 3.96. The highest BCUT2D eigenvalue weighted by atomic mass is 15.2. The number of rotatable bonds is 5. The fraction of sp³-hybridized carbons (Fsp3) is 0.400. The van der Waals surface area contributed by atoms with E-state index in [9.17, 15) is 0 Å². The van der Waals surface area contributed by atoms with E-state index < -0.39 is 0 Å². The summed E-state index contributed by atoms with van der Waals surface area (Å²) in [6, 6.07) is 22.4.